The fourth-order valence-electron chi connectivity index (χ4n) is 3.41. The van der Waals surface area contributed by atoms with Crippen LogP contribution in [0.1, 0.15) is 17.3 Å². The predicted octanol–water partition coefficient (Wildman–Crippen LogP) is 6.73. The third-order valence-corrected chi connectivity index (χ3v) is 6.49. The van der Waals surface area contributed by atoms with Crippen LogP contribution in [0.15, 0.2) is 71.4 Å². The first-order valence-corrected chi connectivity index (χ1v) is 12.1. The van der Waals surface area contributed by atoms with Crippen LogP contribution in [0.3, 0.4) is 0 Å². The van der Waals surface area contributed by atoms with E-state index in [0.29, 0.717) is 29.3 Å². The van der Waals surface area contributed by atoms with E-state index in [4.69, 9.17) is 51.1 Å². The quantitative estimate of drug-likeness (QED) is 0.245. The Bertz CT molecular complexity index is 1410. The zero-order chi connectivity index (χ0) is 26.0. The molecule has 2 N–H and O–H groups in total. The molecule has 1 aliphatic heterocycles. The third kappa shape index (κ3) is 5.15. The summed E-state index contributed by atoms with van der Waals surface area (Å²) in [4.78, 5) is 39.3. The Morgan fingerprint density at radius 1 is 0.889 bits per heavy atom. The van der Waals surface area contributed by atoms with Gasteiger partial charge in [0, 0.05) is 11.3 Å². The molecule has 0 unspecified atom stereocenters. The second kappa shape index (κ2) is 10.8. The van der Waals surface area contributed by atoms with Gasteiger partial charge in [0.15, 0.2) is 0 Å². The number of hydrogen-bond acceptors (Lipinski definition) is 5. The van der Waals surface area contributed by atoms with Gasteiger partial charge in [0.1, 0.15) is 16.5 Å². The van der Waals surface area contributed by atoms with Crippen molar-refractivity contribution >= 4 is 81.2 Å². The van der Waals surface area contributed by atoms with Gasteiger partial charge in [-0.3, -0.25) is 14.4 Å². The Labute approximate surface area is 226 Å². The van der Waals surface area contributed by atoms with E-state index in [1.54, 1.807) is 42.5 Å². The van der Waals surface area contributed by atoms with Crippen molar-refractivity contribution in [3.8, 4) is 5.75 Å². The van der Waals surface area contributed by atoms with E-state index in [2.05, 4.69) is 10.6 Å². The fraction of sp³-hybridized carbons (Fsp3) is 0.0800. The summed E-state index contributed by atoms with van der Waals surface area (Å²) in [6.07, 6.45) is 0. The lowest BCUT2D eigenvalue weighted by molar-refractivity contribution is -0.120. The normalized spacial score (nSPS) is 13.3. The number of nitrogens with zero attached hydrogens (tertiary/aromatic N) is 1. The van der Waals surface area contributed by atoms with E-state index in [1.807, 2.05) is 13.0 Å². The standard InChI is InChI=1S/C25H17Cl4N3O4/c1-2-36-20-6-4-3-5-18(20)31-23(33)13-7-9-14(10-8-13)30-22-21(29)24(34)32(25(22)35)19-12-16(27)15(26)11-17(19)28/h3-12,30H,2H2,1H3,(H,31,33). The molecule has 1 aliphatic rings. The van der Waals surface area contributed by atoms with Gasteiger partial charge in [-0.1, -0.05) is 58.5 Å². The monoisotopic (exact) mass is 563 g/mol. The van der Waals surface area contributed by atoms with E-state index < -0.39 is 11.8 Å². The molecule has 3 aromatic rings. The molecule has 7 nitrogen and oxygen atoms in total. The van der Waals surface area contributed by atoms with Gasteiger partial charge in [0.25, 0.3) is 17.7 Å². The molecule has 0 spiro atoms. The number of hydrogen-bond donors (Lipinski definition) is 2. The topological polar surface area (TPSA) is 87.7 Å². The molecule has 0 radical (unpaired) electrons. The van der Waals surface area contributed by atoms with E-state index in [9.17, 15) is 14.4 Å². The van der Waals surface area contributed by atoms with Crippen molar-refractivity contribution in [1.29, 1.82) is 0 Å². The van der Waals surface area contributed by atoms with Gasteiger partial charge in [-0.05, 0) is 55.5 Å². The number of halogens is 4. The van der Waals surface area contributed by atoms with Crippen molar-refractivity contribution in [3.63, 3.8) is 0 Å². The Morgan fingerprint density at radius 3 is 2.25 bits per heavy atom. The zero-order valence-electron chi connectivity index (χ0n) is 18.6. The van der Waals surface area contributed by atoms with Gasteiger partial charge in [-0.2, -0.15) is 0 Å². The lowest BCUT2D eigenvalue weighted by atomic mass is 10.1. The Kier molecular flexibility index (Phi) is 7.76. The minimum atomic E-state index is -0.770. The average molecular weight is 565 g/mol. The first-order valence-electron chi connectivity index (χ1n) is 10.5. The number of rotatable bonds is 7. The number of para-hydroxylation sites is 2. The number of amides is 3. The molecule has 0 aromatic heterocycles. The molecule has 3 aromatic carbocycles. The van der Waals surface area contributed by atoms with Crippen molar-refractivity contribution in [3.05, 3.63) is 92.0 Å². The van der Waals surface area contributed by atoms with E-state index >= 15 is 0 Å². The van der Waals surface area contributed by atoms with E-state index in [1.165, 1.54) is 12.1 Å². The van der Waals surface area contributed by atoms with Gasteiger partial charge in [-0.25, -0.2) is 4.90 Å². The van der Waals surface area contributed by atoms with Crippen LogP contribution >= 0.6 is 46.4 Å². The average Bonchev–Trinajstić information content (AvgIpc) is 3.06. The van der Waals surface area contributed by atoms with Crippen LogP contribution in [0.25, 0.3) is 0 Å². The molecule has 36 heavy (non-hydrogen) atoms. The number of ether oxygens (including phenoxy) is 1. The molecule has 0 saturated heterocycles. The second-order valence-electron chi connectivity index (χ2n) is 7.44. The van der Waals surface area contributed by atoms with Crippen molar-refractivity contribution in [2.24, 2.45) is 0 Å². The van der Waals surface area contributed by atoms with E-state index in [-0.39, 0.29) is 37.4 Å². The van der Waals surface area contributed by atoms with Gasteiger partial charge < -0.3 is 15.4 Å². The van der Waals surface area contributed by atoms with Gasteiger partial charge in [0.05, 0.1) is 33.0 Å². The molecular formula is C25H17Cl4N3O4. The van der Waals surface area contributed by atoms with Crippen molar-refractivity contribution in [1.82, 2.24) is 0 Å². The number of carbonyl (C=O) groups is 3. The first kappa shape index (κ1) is 25.9. The summed E-state index contributed by atoms with van der Waals surface area (Å²) < 4.78 is 5.53. The summed E-state index contributed by atoms with van der Waals surface area (Å²) >= 11 is 24.3. The fourth-order valence-corrected chi connectivity index (χ4v) is 4.25. The number of carbonyl (C=O) groups excluding carboxylic acids is 3. The predicted molar refractivity (Wildman–Crippen MR) is 142 cm³/mol. The number of benzene rings is 3. The van der Waals surface area contributed by atoms with Crippen LogP contribution in [-0.2, 0) is 9.59 Å². The first-order chi connectivity index (χ1) is 17.2. The second-order valence-corrected chi connectivity index (χ2v) is 9.04. The number of imide groups is 1. The van der Waals surface area contributed by atoms with Crippen LogP contribution < -0.4 is 20.3 Å². The Hall–Kier alpha value is -3.23. The van der Waals surface area contributed by atoms with Crippen LogP contribution in [0, 0.1) is 0 Å². The Morgan fingerprint density at radius 2 is 1.56 bits per heavy atom. The SMILES string of the molecule is CCOc1ccccc1NC(=O)c1ccc(NC2=C(Cl)C(=O)N(c3cc(Cl)c(Cl)cc3Cl)C2=O)cc1. The molecule has 184 valence electrons. The van der Waals surface area contributed by atoms with Gasteiger partial charge in [-0.15, -0.1) is 0 Å². The summed E-state index contributed by atoms with van der Waals surface area (Å²) in [6.45, 7) is 2.31. The summed E-state index contributed by atoms with van der Waals surface area (Å²) in [5.74, 6) is -1.28. The zero-order valence-corrected chi connectivity index (χ0v) is 21.6. The highest BCUT2D eigenvalue weighted by Crippen LogP contribution is 2.38. The molecule has 0 saturated carbocycles. The van der Waals surface area contributed by atoms with Crippen molar-refractivity contribution in [2.45, 2.75) is 6.92 Å². The van der Waals surface area contributed by atoms with Crippen LogP contribution in [0.2, 0.25) is 15.1 Å². The summed E-state index contributed by atoms with van der Waals surface area (Å²) in [7, 11) is 0. The van der Waals surface area contributed by atoms with Crippen molar-refractivity contribution in [2.75, 3.05) is 22.1 Å². The maximum absolute atomic E-state index is 13.0. The smallest absolute Gasteiger partial charge is 0.283 e. The highest BCUT2D eigenvalue weighted by molar-refractivity contribution is 6.54. The van der Waals surface area contributed by atoms with Crippen LogP contribution in [-0.4, -0.2) is 24.3 Å². The van der Waals surface area contributed by atoms with Gasteiger partial charge in [0.2, 0.25) is 0 Å². The summed E-state index contributed by atoms with van der Waals surface area (Å²) in [6, 6.07) is 16.0. The molecule has 11 heteroatoms. The maximum Gasteiger partial charge on any atom is 0.283 e. The molecule has 0 bridgehead atoms. The largest absolute Gasteiger partial charge is 0.492 e. The number of nitrogens with one attached hydrogen (secondary N) is 2. The molecular weight excluding hydrogens is 548 g/mol. The Balaban J connectivity index is 1.50. The van der Waals surface area contributed by atoms with Crippen LogP contribution in [0.5, 0.6) is 5.75 Å². The molecule has 0 aliphatic carbocycles. The minimum absolute atomic E-state index is 0.0513. The molecule has 1 heterocycles. The van der Waals surface area contributed by atoms with Crippen molar-refractivity contribution < 1.29 is 19.1 Å². The lowest BCUT2D eigenvalue weighted by Gasteiger charge is -2.17. The molecule has 0 atom stereocenters. The maximum atomic E-state index is 13.0. The third-order valence-electron chi connectivity index (χ3n) is 5.11. The minimum Gasteiger partial charge on any atom is -0.492 e. The molecule has 3 amide bonds. The summed E-state index contributed by atoms with van der Waals surface area (Å²) in [5, 5.41) is 5.67. The van der Waals surface area contributed by atoms with Gasteiger partial charge >= 0.3 is 0 Å². The van der Waals surface area contributed by atoms with Crippen LogP contribution in [0.4, 0.5) is 17.1 Å². The molecule has 4 rings (SSSR count). The summed E-state index contributed by atoms with van der Waals surface area (Å²) in [5.41, 5.74) is 1.24. The van der Waals surface area contributed by atoms with E-state index in [0.717, 1.165) is 4.90 Å². The number of anilines is 3. The highest BCUT2D eigenvalue weighted by atomic mass is 35.5. The lowest BCUT2D eigenvalue weighted by Crippen LogP contribution is -2.32. The molecule has 0 fully saturated rings. The highest BCUT2D eigenvalue weighted by Gasteiger charge is 2.40.